The molecule has 1 rings (SSSR count). The fourth-order valence-corrected chi connectivity index (χ4v) is 2.63. The molecule has 0 radical (unpaired) electrons. The average Bonchev–Trinajstić information content (AvgIpc) is 2.61. The standard InChI is InChI=1S/C8H12N4O3S2/c1-4-16-7-10-12(8(14)15)6(17-7)9-5(13)11(2)3/h4H2,1-3H3,(H,14,15). The summed E-state index contributed by atoms with van der Waals surface area (Å²) < 4.78 is 1.28. The minimum Gasteiger partial charge on any atom is -0.463 e. The zero-order valence-electron chi connectivity index (χ0n) is 9.58. The molecule has 9 heteroatoms. The molecule has 0 fully saturated rings. The number of thioether (sulfide) groups is 1. The van der Waals surface area contributed by atoms with Gasteiger partial charge in [-0.2, -0.15) is 4.99 Å². The van der Waals surface area contributed by atoms with Crippen LogP contribution in [0.25, 0.3) is 0 Å². The highest BCUT2D eigenvalue weighted by atomic mass is 32.2. The highest BCUT2D eigenvalue weighted by Crippen LogP contribution is 2.16. The molecule has 0 bridgehead atoms. The number of amides is 2. The fraction of sp³-hybridized carbons (Fsp3) is 0.500. The molecule has 1 aromatic heterocycles. The van der Waals surface area contributed by atoms with E-state index in [-0.39, 0.29) is 4.80 Å². The third-order valence-corrected chi connectivity index (χ3v) is 3.49. The van der Waals surface area contributed by atoms with Crippen LogP contribution >= 0.6 is 23.1 Å². The van der Waals surface area contributed by atoms with Gasteiger partial charge in [-0.05, 0) is 5.75 Å². The van der Waals surface area contributed by atoms with Crippen LogP contribution in [0.15, 0.2) is 9.33 Å². The molecule has 0 unspecified atom stereocenters. The van der Waals surface area contributed by atoms with Crippen molar-refractivity contribution in [1.82, 2.24) is 14.7 Å². The molecule has 1 aromatic rings. The summed E-state index contributed by atoms with van der Waals surface area (Å²) in [7, 11) is 3.08. The third kappa shape index (κ3) is 3.56. The Balaban J connectivity index is 3.21. The van der Waals surface area contributed by atoms with E-state index in [0.717, 1.165) is 17.1 Å². The molecule has 0 aliphatic heterocycles. The number of carboxylic acid groups (broad SMARTS) is 1. The normalized spacial score (nSPS) is 11.6. The summed E-state index contributed by atoms with van der Waals surface area (Å²) in [6.45, 7) is 1.93. The van der Waals surface area contributed by atoms with Crippen molar-refractivity contribution in [2.45, 2.75) is 11.3 Å². The Bertz CT molecular complexity index is 491. The summed E-state index contributed by atoms with van der Waals surface area (Å²) in [5.41, 5.74) is 0. The summed E-state index contributed by atoms with van der Waals surface area (Å²) in [5.74, 6) is 0.772. The van der Waals surface area contributed by atoms with Crippen LogP contribution in [0, 0.1) is 0 Å². The van der Waals surface area contributed by atoms with Crippen LogP contribution in [-0.4, -0.2) is 51.8 Å². The molecule has 1 N–H and O–H groups in total. The number of carbonyl (C=O) groups excluding carboxylic acids is 1. The van der Waals surface area contributed by atoms with Crippen LogP contribution in [0.3, 0.4) is 0 Å². The quantitative estimate of drug-likeness (QED) is 0.819. The first kappa shape index (κ1) is 13.7. The van der Waals surface area contributed by atoms with Gasteiger partial charge in [0.15, 0.2) is 4.34 Å². The van der Waals surface area contributed by atoms with Crippen molar-refractivity contribution < 1.29 is 14.7 Å². The van der Waals surface area contributed by atoms with Gasteiger partial charge < -0.3 is 10.0 Å². The maximum Gasteiger partial charge on any atom is 0.434 e. The van der Waals surface area contributed by atoms with E-state index in [1.807, 2.05) is 6.92 Å². The maximum atomic E-state index is 11.4. The van der Waals surface area contributed by atoms with E-state index < -0.39 is 12.1 Å². The first-order chi connectivity index (χ1) is 7.95. The van der Waals surface area contributed by atoms with Gasteiger partial charge in [-0.1, -0.05) is 30.0 Å². The SMILES string of the molecule is CCSc1nn(C(=O)O)c(=NC(=O)N(C)C)s1. The van der Waals surface area contributed by atoms with Gasteiger partial charge in [0.05, 0.1) is 0 Å². The lowest BCUT2D eigenvalue weighted by Gasteiger charge is -2.03. The number of hydrogen-bond acceptors (Lipinski definition) is 5. The number of rotatable bonds is 2. The Hall–Kier alpha value is -1.35. The van der Waals surface area contributed by atoms with Crippen LogP contribution in [0.4, 0.5) is 9.59 Å². The largest absolute Gasteiger partial charge is 0.463 e. The van der Waals surface area contributed by atoms with E-state index in [0.29, 0.717) is 9.02 Å². The molecule has 7 nitrogen and oxygen atoms in total. The van der Waals surface area contributed by atoms with Crippen LogP contribution in [0.1, 0.15) is 6.92 Å². The molecule has 0 aliphatic carbocycles. The lowest BCUT2D eigenvalue weighted by Crippen LogP contribution is -2.27. The topological polar surface area (TPSA) is 87.8 Å². The molecule has 0 aromatic carbocycles. The molecule has 0 aliphatic rings. The first-order valence-corrected chi connectivity index (χ1v) is 6.48. The lowest BCUT2D eigenvalue weighted by molar-refractivity contribution is 0.191. The van der Waals surface area contributed by atoms with E-state index in [2.05, 4.69) is 10.1 Å². The third-order valence-electron chi connectivity index (χ3n) is 1.56. The highest BCUT2D eigenvalue weighted by molar-refractivity contribution is 8.00. The van der Waals surface area contributed by atoms with Crippen LogP contribution in [-0.2, 0) is 0 Å². The second-order valence-electron chi connectivity index (χ2n) is 3.07. The van der Waals surface area contributed by atoms with Gasteiger partial charge in [0.1, 0.15) is 0 Å². The van der Waals surface area contributed by atoms with E-state index in [4.69, 9.17) is 5.11 Å². The predicted octanol–water partition coefficient (Wildman–Crippen LogP) is 1.17. The van der Waals surface area contributed by atoms with E-state index >= 15 is 0 Å². The Morgan fingerprint density at radius 3 is 2.71 bits per heavy atom. The van der Waals surface area contributed by atoms with E-state index in [9.17, 15) is 9.59 Å². The van der Waals surface area contributed by atoms with Gasteiger partial charge in [0.2, 0.25) is 4.80 Å². The molecule has 0 saturated heterocycles. The van der Waals surface area contributed by atoms with E-state index in [1.165, 1.54) is 16.7 Å². The molecule has 94 valence electrons. The van der Waals surface area contributed by atoms with Crippen molar-refractivity contribution in [2.24, 2.45) is 4.99 Å². The van der Waals surface area contributed by atoms with Gasteiger partial charge in [0, 0.05) is 14.1 Å². The number of nitrogens with zero attached hydrogens (tertiary/aromatic N) is 4. The van der Waals surface area contributed by atoms with Crippen molar-refractivity contribution in [2.75, 3.05) is 19.8 Å². The van der Waals surface area contributed by atoms with Gasteiger partial charge in [-0.15, -0.1) is 9.78 Å². The minimum absolute atomic E-state index is 0.0622. The minimum atomic E-state index is -1.26. The van der Waals surface area contributed by atoms with E-state index in [1.54, 1.807) is 14.1 Å². The molecule has 0 atom stereocenters. The summed E-state index contributed by atoms with van der Waals surface area (Å²) >= 11 is 2.48. The Labute approximate surface area is 106 Å². The second kappa shape index (κ2) is 5.82. The van der Waals surface area contributed by atoms with Crippen molar-refractivity contribution in [3.05, 3.63) is 4.80 Å². The molecule has 1 heterocycles. The highest BCUT2D eigenvalue weighted by Gasteiger charge is 2.12. The summed E-state index contributed by atoms with van der Waals surface area (Å²) in [6.07, 6.45) is -1.26. The molecular formula is C8H12N4O3S2. The number of carbonyl (C=O) groups is 2. The summed E-state index contributed by atoms with van der Waals surface area (Å²) in [4.78, 5) is 27.3. The zero-order valence-corrected chi connectivity index (χ0v) is 11.2. The van der Waals surface area contributed by atoms with Gasteiger partial charge >= 0.3 is 12.1 Å². The Morgan fingerprint density at radius 1 is 1.59 bits per heavy atom. The predicted molar refractivity (Wildman–Crippen MR) is 64.6 cm³/mol. The maximum absolute atomic E-state index is 11.4. The van der Waals surface area contributed by atoms with Crippen molar-refractivity contribution in [1.29, 1.82) is 0 Å². The van der Waals surface area contributed by atoms with Crippen LogP contribution in [0.5, 0.6) is 0 Å². The van der Waals surface area contributed by atoms with Crippen molar-refractivity contribution >= 4 is 35.2 Å². The molecular weight excluding hydrogens is 264 g/mol. The van der Waals surface area contributed by atoms with Gasteiger partial charge in [-0.3, -0.25) is 0 Å². The van der Waals surface area contributed by atoms with Crippen molar-refractivity contribution in [3.8, 4) is 0 Å². The molecule has 0 spiro atoms. The average molecular weight is 276 g/mol. The van der Waals surface area contributed by atoms with Crippen molar-refractivity contribution in [3.63, 3.8) is 0 Å². The smallest absolute Gasteiger partial charge is 0.434 e. The monoisotopic (exact) mass is 276 g/mol. The number of aromatic nitrogens is 2. The van der Waals surface area contributed by atoms with Gasteiger partial charge in [-0.25, -0.2) is 9.59 Å². The van der Waals surface area contributed by atoms with Crippen LogP contribution in [0.2, 0.25) is 0 Å². The molecule has 17 heavy (non-hydrogen) atoms. The second-order valence-corrected chi connectivity index (χ2v) is 5.53. The summed E-state index contributed by atoms with van der Waals surface area (Å²) in [5, 5.41) is 12.8. The number of urea groups is 1. The van der Waals surface area contributed by atoms with Crippen LogP contribution < -0.4 is 4.80 Å². The van der Waals surface area contributed by atoms with Gasteiger partial charge in [0.25, 0.3) is 0 Å². The molecule has 2 amide bonds. The summed E-state index contributed by atoms with van der Waals surface area (Å²) in [6, 6.07) is -0.517. The number of hydrogen-bond donors (Lipinski definition) is 1. The molecule has 0 saturated carbocycles. The fourth-order valence-electron chi connectivity index (χ4n) is 0.825. The zero-order chi connectivity index (χ0) is 13.0. The first-order valence-electron chi connectivity index (χ1n) is 4.68. The lowest BCUT2D eigenvalue weighted by atomic mass is 10.8. The Morgan fingerprint density at radius 2 is 2.24 bits per heavy atom. The Kier molecular flexibility index (Phi) is 4.70.